The van der Waals surface area contributed by atoms with Crippen LogP contribution in [0.1, 0.15) is 37.3 Å². The summed E-state index contributed by atoms with van der Waals surface area (Å²) in [7, 11) is -2.48. The maximum Gasteiger partial charge on any atom is 0.407 e. The van der Waals surface area contributed by atoms with Gasteiger partial charge in [0, 0.05) is 67.1 Å². The molecule has 3 aromatic carbocycles. The lowest BCUT2D eigenvalue weighted by Crippen LogP contribution is -2.59. The van der Waals surface area contributed by atoms with Crippen LogP contribution in [0.3, 0.4) is 0 Å². The predicted octanol–water partition coefficient (Wildman–Crippen LogP) is 5.13. The van der Waals surface area contributed by atoms with E-state index in [1.54, 1.807) is 60.7 Å². The highest BCUT2D eigenvalue weighted by Crippen LogP contribution is 2.41. The van der Waals surface area contributed by atoms with Crippen molar-refractivity contribution in [2.45, 2.75) is 61.0 Å². The number of sulfonamides is 1. The van der Waals surface area contributed by atoms with Crippen LogP contribution < -0.4 is 10.6 Å². The van der Waals surface area contributed by atoms with E-state index in [0.717, 1.165) is 10.5 Å². The van der Waals surface area contributed by atoms with Gasteiger partial charge in [-0.2, -0.15) is 4.31 Å². The molecule has 5 rings (SSSR count). The van der Waals surface area contributed by atoms with E-state index in [9.17, 15) is 23.1 Å². The van der Waals surface area contributed by atoms with E-state index < -0.39 is 45.3 Å². The Kier molecular flexibility index (Phi) is 10.9. The van der Waals surface area contributed by atoms with E-state index in [2.05, 4.69) is 10.6 Å². The lowest BCUT2D eigenvalue weighted by atomic mass is 9.68. The molecule has 2 fully saturated rings. The van der Waals surface area contributed by atoms with E-state index in [0.29, 0.717) is 44.2 Å². The second-order valence-corrected chi connectivity index (χ2v) is 14.5. The molecular weight excluding hydrogens is 647 g/mol. The third kappa shape index (κ3) is 7.31. The third-order valence-corrected chi connectivity index (χ3v) is 11.6. The van der Waals surface area contributed by atoms with Crippen molar-refractivity contribution in [1.82, 2.24) is 14.5 Å². The Hall–Kier alpha value is -3.55. The van der Waals surface area contributed by atoms with Crippen molar-refractivity contribution in [3.8, 4) is 0 Å². The first-order chi connectivity index (χ1) is 22.5. The van der Waals surface area contributed by atoms with Gasteiger partial charge in [0.05, 0.1) is 4.90 Å². The second-order valence-electron chi connectivity index (χ2n) is 12.2. The van der Waals surface area contributed by atoms with Gasteiger partial charge in [0.2, 0.25) is 15.9 Å². The van der Waals surface area contributed by atoms with Crippen molar-refractivity contribution in [3.05, 3.63) is 94.8 Å². The van der Waals surface area contributed by atoms with Crippen LogP contribution in [0.25, 0.3) is 0 Å². The number of ether oxygens (including phenoxy) is 1. The molecule has 2 heterocycles. The summed E-state index contributed by atoms with van der Waals surface area (Å²) < 4.78 is 50.1. The third-order valence-electron chi connectivity index (χ3n) is 9.30. The largest absolute Gasteiger partial charge is 0.465 e. The number of likely N-dealkylation sites (N-methyl/N-ethyl adjacent to an activating group) is 1. The van der Waals surface area contributed by atoms with Crippen LogP contribution >= 0.6 is 11.6 Å². The van der Waals surface area contributed by atoms with Gasteiger partial charge in [0.15, 0.2) is 0 Å². The Labute approximate surface area is 279 Å². The van der Waals surface area contributed by atoms with Gasteiger partial charge < -0.3 is 20.5 Å². The summed E-state index contributed by atoms with van der Waals surface area (Å²) in [6.45, 7) is 3.33. The topological polar surface area (TPSA) is 128 Å². The van der Waals surface area contributed by atoms with E-state index in [1.807, 2.05) is 6.92 Å². The van der Waals surface area contributed by atoms with Gasteiger partial charge in [0.25, 0.3) is 0 Å². The first kappa shape index (κ1) is 34.8. The highest BCUT2D eigenvalue weighted by molar-refractivity contribution is 7.89. The minimum Gasteiger partial charge on any atom is -0.465 e. The molecule has 0 radical (unpaired) electrons. The summed E-state index contributed by atoms with van der Waals surface area (Å²) in [5.74, 6) is -1.17. The smallest absolute Gasteiger partial charge is 0.407 e. The summed E-state index contributed by atoms with van der Waals surface area (Å²) in [5.41, 5.74) is 0.215. The molecule has 3 N–H and O–H groups in total. The number of amides is 2. The Morgan fingerprint density at radius 1 is 1.09 bits per heavy atom. The first-order valence-corrected chi connectivity index (χ1v) is 17.4. The number of rotatable bonds is 10. The lowest BCUT2D eigenvalue weighted by Gasteiger charge is -2.45. The van der Waals surface area contributed by atoms with E-state index in [1.165, 1.54) is 23.5 Å². The Balaban J connectivity index is 1.44. The minimum atomic E-state index is -3.83. The number of hydrogen-bond acceptors (Lipinski definition) is 6. The van der Waals surface area contributed by atoms with Crippen molar-refractivity contribution >= 4 is 39.3 Å². The molecule has 3 aromatic rings. The van der Waals surface area contributed by atoms with Crippen molar-refractivity contribution < 1.29 is 32.2 Å². The Morgan fingerprint density at radius 2 is 1.77 bits per heavy atom. The number of piperazine rings is 1. The minimum absolute atomic E-state index is 0.123. The number of carbonyl (C=O) groups is 2. The number of hydrogen-bond donors (Lipinski definition) is 3. The number of nitrogens with zero attached hydrogens (tertiary/aromatic N) is 2. The number of benzene rings is 3. The summed E-state index contributed by atoms with van der Waals surface area (Å²) >= 11 is 6.17. The molecular formula is C34H40ClFN4O6S. The molecule has 2 amide bonds. The quantitative estimate of drug-likeness (QED) is 0.270. The zero-order valence-electron chi connectivity index (χ0n) is 26.4. The monoisotopic (exact) mass is 686 g/mol. The Bertz CT molecular complexity index is 1670. The fourth-order valence-corrected chi connectivity index (χ4v) is 8.95. The first-order valence-electron chi connectivity index (χ1n) is 15.6. The normalized spacial score (nSPS) is 20.7. The number of halogens is 2. The van der Waals surface area contributed by atoms with Gasteiger partial charge >= 0.3 is 6.09 Å². The SMILES string of the molecule is C[C@H]1CNC[C@H](CCc2c(F)cccc2NC(=O)[C@@H](N(C)C(=O)O)C2(c3ccc(Cl)cc3)CCOCC2)N1S(=O)(=O)c1ccccc1. The standard InChI is InChI=1S/C34H40ClFN4O6S/c1-23-21-37-22-26(40(23)47(44,45)27-7-4-3-5-8-27)15-16-28-29(36)9-6-10-30(28)38-32(41)31(39(2)33(42)43)34(17-19-46-20-18-34)24-11-13-25(35)14-12-24/h3-14,23,26,31,37H,15-22H2,1-2H3,(H,38,41)(H,42,43)/t23-,26-,31+/m0/s1. The van der Waals surface area contributed by atoms with Crippen LogP contribution in [0.4, 0.5) is 14.9 Å². The van der Waals surface area contributed by atoms with Gasteiger partial charge in [0.1, 0.15) is 11.9 Å². The highest BCUT2D eigenvalue weighted by Gasteiger charge is 2.49. The molecule has 0 aliphatic carbocycles. The average Bonchev–Trinajstić information content (AvgIpc) is 3.05. The van der Waals surface area contributed by atoms with Crippen molar-refractivity contribution in [3.63, 3.8) is 0 Å². The maximum atomic E-state index is 15.5. The summed E-state index contributed by atoms with van der Waals surface area (Å²) in [4.78, 5) is 27.8. The number of nitrogens with one attached hydrogen (secondary N) is 2. The predicted molar refractivity (Wildman–Crippen MR) is 178 cm³/mol. The van der Waals surface area contributed by atoms with Crippen LogP contribution in [0, 0.1) is 5.82 Å². The lowest BCUT2D eigenvalue weighted by molar-refractivity contribution is -0.124. The Morgan fingerprint density at radius 3 is 2.43 bits per heavy atom. The molecule has 0 unspecified atom stereocenters. The van der Waals surface area contributed by atoms with Crippen LogP contribution in [0.2, 0.25) is 5.02 Å². The highest BCUT2D eigenvalue weighted by atomic mass is 35.5. The van der Waals surface area contributed by atoms with Crippen LogP contribution in [-0.4, -0.2) is 86.2 Å². The molecule has 0 aromatic heterocycles. The van der Waals surface area contributed by atoms with E-state index in [4.69, 9.17) is 16.3 Å². The molecule has 0 saturated carbocycles. The summed E-state index contributed by atoms with van der Waals surface area (Å²) in [6, 6.07) is 17.6. The van der Waals surface area contributed by atoms with Gasteiger partial charge in [-0.1, -0.05) is 48.0 Å². The zero-order valence-corrected chi connectivity index (χ0v) is 27.9. The van der Waals surface area contributed by atoms with Crippen molar-refractivity contribution in [1.29, 1.82) is 0 Å². The van der Waals surface area contributed by atoms with E-state index in [-0.39, 0.29) is 35.0 Å². The van der Waals surface area contributed by atoms with Crippen molar-refractivity contribution in [2.24, 2.45) is 0 Å². The number of carbonyl (C=O) groups excluding carboxylic acids is 1. The van der Waals surface area contributed by atoms with Crippen LogP contribution in [-0.2, 0) is 31.4 Å². The number of carboxylic acid groups (broad SMARTS) is 1. The fraction of sp³-hybridized carbons (Fsp3) is 0.412. The fourth-order valence-electron chi connectivity index (χ4n) is 6.96. The van der Waals surface area contributed by atoms with E-state index >= 15 is 4.39 Å². The average molecular weight is 687 g/mol. The zero-order chi connectivity index (χ0) is 33.8. The second kappa shape index (κ2) is 14.7. The molecule has 0 bridgehead atoms. The maximum absolute atomic E-state index is 15.5. The van der Waals surface area contributed by atoms with Gasteiger partial charge in [-0.05, 0) is 74.6 Å². The van der Waals surface area contributed by atoms with Gasteiger partial charge in [-0.3, -0.25) is 9.69 Å². The van der Waals surface area contributed by atoms with Crippen molar-refractivity contribution in [2.75, 3.05) is 38.7 Å². The van der Waals surface area contributed by atoms with Crippen LogP contribution in [0.15, 0.2) is 77.7 Å². The van der Waals surface area contributed by atoms with Gasteiger partial charge in [-0.25, -0.2) is 17.6 Å². The van der Waals surface area contributed by atoms with Gasteiger partial charge in [-0.15, -0.1) is 0 Å². The molecule has 252 valence electrons. The summed E-state index contributed by atoms with van der Waals surface area (Å²) in [5, 5.41) is 16.7. The molecule has 13 heteroatoms. The molecule has 3 atom stereocenters. The number of anilines is 1. The summed E-state index contributed by atoms with van der Waals surface area (Å²) in [6.07, 6.45) is -0.143. The molecule has 2 saturated heterocycles. The van der Waals surface area contributed by atoms with Crippen LogP contribution in [0.5, 0.6) is 0 Å². The molecule has 47 heavy (non-hydrogen) atoms. The molecule has 0 spiro atoms. The molecule has 10 nitrogen and oxygen atoms in total. The molecule has 2 aliphatic rings. The molecule has 2 aliphatic heterocycles.